The van der Waals surface area contributed by atoms with Crippen LogP contribution in [0.2, 0.25) is 0 Å². The van der Waals surface area contributed by atoms with Gasteiger partial charge in [0, 0.05) is 11.3 Å². The van der Waals surface area contributed by atoms with Gasteiger partial charge in [0.2, 0.25) is 0 Å². The van der Waals surface area contributed by atoms with Crippen LogP contribution in [0, 0.1) is 5.92 Å². The van der Waals surface area contributed by atoms with Crippen LogP contribution in [0.5, 0.6) is 0 Å². The van der Waals surface area contributed by atoms with Gasteiger partial charge in [0.05, 0.1) is 11.6 Å². The van der Waals surface area contributed by atoms with Crippen molar-refractivity contribution in [3.63, 3.8) is 0 Å². The van der Waals surface area contributed by atoms with Crippen molar-refractivity contribution in [2.24, 2.45) is 22.4 Å². The number of anilines is 1. The summed E-state index contributed by atoms with van der Waals surface area (Å²) in [6.45, 7) is 2.10. The van der Waals surface area contributed by atoms with Crippen LogP contribution < -0.4 is 16.8 Å². The zero-order valence-corrected chi connectivity index (χ0v) is 16.6. The highest BCUT2D eigenvalue weighted by Gasteiger charge is 2.17. The van der Waals surface area contributed by atoms with Crippen molar-refractivity contribution in [1.82, 2.24) is 0 Å². The summed E-state index contributed by atoms with van der Waals surface area (Å²) in [5, 5.41) is 12.2. The number of hydrogen-bond donors (Lipinski definition) is 4. The summed E-state index contributed by atoms with van der Waals surface area (Å²) in [6, 6.07) is 13.9. The Morgan fingerprint density at radius 1 is 1.10 bits per heavy atom. The van der Waals surface area contributed by atoms with Crippen molar-refractivity contribution in [2.45, 2.75) is 39.0 Å². The predicted molar refractivity (Wildman–Crippen MR) is 115 cm³/mol. The smallest absolute Gasteiger partial charge is 0.306 e. The second-order valence-electron chi connectivity index (χ2n) is 6.97. The molecule has 0 spiro atoms. The van der Waals surface area contributed by atoms with Gasteiger partial charge in [-0.25, -0.2) is 4.99 Å². The molecule has 29 heavy (non-hydrogen) atoms. The number of aliphatic imine (C=N–C) groups is 1. The summed E-state index contributed by atoms with van der Waals surface area (Å²) in [5.74, 6) is -1.51. The largest absolute Gasteiger partial charge is 0.481 e. The van der Waals surface area contributed by atoms with Crippen LogP contribution in [0.25, 0.3) is 0 Å². The van der Waals surface area contributed by atoms with Crippen molar-refractivity contribution in [2.75, 3.05) is 5.32 Å². The van der Waals surface area contributed by atoms with E-state index in [0.29, 0.717) is 29.8 Å². The van der Waals surface area contributed by atoms with E-state index in [9.17, 15) is 14.7 Å². The van der Waals surface area contributed by atoms with Crippen LogP contribution in [-0.4, -0.2) is 22.9 Å². The highest BCUT2D eigenvalue weighted by molar-refractivity contribution is 6.04. The van der Waals surface area contributed by atoms with E-state index in [4.69, 9.17) is 11.5 Å². The summed E-state index contributed by atoms with van der Waals surface area (Å²) in [7, 11) is 0. The monoisotopic (exact) mass is 396 g/mol. The van der Waals surface area contributed by atoms with Gasteiger partial charge >= 0.3 is 5.97 Å². The van der Waals surface area contributed by atoms with Crippen molar-refractivity contribution in [3.8, 4) is 0 Å². The Labute approximate surface area is 170 Å². The lowest BCUT2D eigenvalue weighted by molar-refractivity contribution is -0.142. The molecule has 1 amide bonds. The Balaban J connectivity index is 2.00. The molecule has 1 atom stereocenters. The zero-order chi connectivity index (χ0) is 21.2. The molecule has 0 aliphatic carbocycles. The number of benzene rings is 2. The maximum absolute atomic E-state index is 12.5. The van der Waals surface area contributed by atoms with Gasteiger partial charge in [-0.05, 0) is 48.7 Å². The Bertz CT molecular complexity index is 859. The third-order valence-electron chi connectivity index (χ3n) is 4.57. The predicted octanol–water partition coefficient (Wildman–Crippen LogP) is 3.67. The topological polar surface area (TPSA) is 131 Å². The maximum Gasteiger partial charge on any atom is 0.306 e. The van der Waals surface area contributed by atoms with Gasteiger partial charge in [-0.2, -0.15) is 0 Å². The number of carboxylic acid groups (broad SMARTS) is 1. The number of nitrogens with two attached hydrogens (primary N) is 2. The molecule has 7 heteroatoms. The van der Waals surface area contributed by atoms with E-state index in [0.717, 1.165) is 24.8 Å². The van der Waals surface area contributed by atoms with Crippen molar-refractivity contribution < 1.29 is 14.7 Å². The van der Waals surface area contributed by atoms with Crippen LogP contribution in [0.4, 0.5) is 11.4 Å². The molecular formula is C22H28N4O3. The Kier molecular flexibility index (Phi) is 8.21. The van der Waals surface area contributed by atoms with E-state index in [-0.39, 0.29) is 17.8 Å². The normalized spacial score (nSPS) is 11.5. The lowest BCUT2D eigenvalue weighted by Crippen LogP contribution is -2.21. The molecule has 0 fully saturated rings. The first-order chi connectivity index (χ1) is 13.9. The van der Waals surface area contributed by atoms with Crippen LogP contribution in [-0.2, 0) is 11.2 Å². The number of unbranched alkanes of at least 4 members (excludes halogenated alkanes) is 2. The molecule has 0 aromatic heterocycles. The third kappa shape index (κ3) is 7.29. The van der Waals surface area contributed by atoms with Crippen LogP contribution in [0.15, 0.2) is 53.5 Å². The van der Waals surface area contributed by atoms with Gasteiger partial charge in [-0.1, -0.05) is 44.4 Å². The molecule has 0 aliphatic heterocycles. The van der Waals surface area contributed by atoms with E-state index < -0.39 is 5.97 Å². The number of guanidine groups is 1. The highest BCUT2D eigenvalue weighted by Crippen LogP contribution is 2.20. The van der Waals surface area contributed by atoms with Crippen molar-refractivity contribution >= 4 is 29.2 Å². The van der Waals surface area contributed by atoms with Crippen LogP contribution in [0.1, 0.15) is 48.5 Å². The summed E-state index contributed by atoms with van der Waals surface area (Å²) < 4.78 is 0. The maximum atomic E-state index is 12.5. The molecule has 0 aliphatic rings. The molecule has 2 aromatic carbocycles. The van der Waals surface area contributed by atoms with Gasteiger partial charge < -0.3 is 21.9 Å². The number of carboxylic acids is 1. The van der Waals surface area contributed by atoms with E-state index in [1.165, 1.54) is 0 Å². The lowest BCUT2D eigenvalue weighted by Gasteiger charge is -2.13. The van der Waals surface area contributed by atoms with Gasteiger partial charge in [0.15, 0.2) is 5.96 Å². The molecule has 7 nitrogen and oxygen atoms in total. The summed E-state index contributed by atoms with van der Waals surface area (Å²) >= 11 is 0. The quantitative estimate of drug-likeness (QED) is 0.276. The fourth-order valence-corrected chi connectivity index (χ4v) is 3.03. The fourth-order valence-electron chi connectivity index (χ4n) is 3.03. The van der Waals surface area contributed by atoms with Crippen molar-refractivity contribution in [3.05, 3.63) is 59.7 Å². The summed E-state index contributed by atoms with van der Waals surface area (Å²) in [4.78, 5) is 27.9. The van der Waals surface area contributed by atoms with E-state index >= 15 is 0 Å². The average molecular weight is 396 g/mol. The molecule has 2 rings (SSSR count). The molecular weight excluding hydrogens is 368 g/mol. The zero-order valence-electron chi connectivity index (χ0n) is 16.6. The van der Waals surface area contributed by atoms with Crippen molar-refractivity contribution in [1.29, 1.82) is 0 Å². The molecule has 1 unspecified atom stereocenters. The van der Waals surface area contributed by atoms with Crippen LogP contribution in [0.3, 0.4) is 0 Å². The number of hydrogen-bond acceptors (Lipinski definition) is 3. The van der Waals surface area contributed by atoms with Gasteiger partial charge in [0.25, 0.3) is 5.91 Å². The van der Waals surface area contributed by atoms with Gasteiger partial charge in [-0.3, -0.25) is 9.59 Å². The first-order valence-electron chi connectivity index (χ1n) is 9.71. The molecule has 154 valence electrons. The number of carbonyl (C=O) groups excluding carboxylic acids is 1. The standard InChI is InChI=1S/C22H28N4O3/c1-2-3-4-6-17(21(28)29)13-15-9-11-18(12-10-15)25-20(27)16-7-5-8-19(14-16)26-22(23)24/h5,7-12,14,17H,2-4,6,13H2,1H3,(H,25,27)(H,28,29)(H4,23,24,26). The fraction of sp³-hybridized carbons (Fsp3) is 0.318. The van der Waals surface area contributed by atoms with Gasteiger partial charge in [0.1, 0.15) is 0 Å². The number of aliphatic carboxylic acids is 1. The minimum Gasteiger partial charge on any atom is -0.481 e. The van der Waals surface area contributed by atoms with E-state index in [1.807, 2.05) is 12.1 Å². The molecule has 0 heterocycles. The molecule has 6 N–H and O–H groups in total. The van der Waals surface area contributed by atoms with Gasteiger partial charge in [-0.15, -0.1) is 0 Å². The molecule has 0 saturated heterocycles. The Hall–Kier alpha value is -3.35. The molecule has 0 bridgehead atoms. The first kappa shape index (κ1) is 21.9. The number of carbonyl (C=O) groups is 2. The number of nitrogens with one attached hydrogen (secondary N) is 1. The summed E-state index contributed by atoms with van der Waals surface area (Å²) in [6.07, 6.45) is 4.18. The number of rotatable bonds is 10. The lowest BCUT2D eigenvalue weighted by atomic mass is 9.94. The minimum atomic E-state index is -0.765. The number of nitrogens with zero attached hydrogens (tertiary/aromatic N) is 1. The second-order valence-corrected chi connectivity index (χ2v) is 6.97. The molecule has 0 radical (unpaired) electrons. The minimum absolute atomic E-state index is 0.0764. The Morgan fingerprint density at radius 2 is 1.83 bits per heavy atom. The molecule has 0 saturated carbocycles. The Morgan fingerprint density at radius 3 is 2.45 bits per heavy atom. The van der Waals surface area contributed by atoms with E-state index in [2.05, 4.69) is 17.2 Å². The van der Waals surface area contributed by atoms with E-state index in [1.54, 1.807) is 36.4 Å². The third-order valence-corrected chi connectivity index (χ3v) is 4.57. The van der Waals surface area contributed by atoms with Crippen LogP contribution >= 0.6 is 0 Å². The summed E-state index contributed by atoms with van der Waals surface area (Å²) in [5.41, 5.74) is 13.2. The average Bonchev–Trinajstić information content (AvgIpc) is 2.68. The number of amides is 1. The first-order valence-corrected chi connectivity index (χ1v) is 9.71. The second kappa shape index (κ2) is 10.8. The molecule has 2 aromatic rings. The SMILES string of the molecule is CCCCCC(Cc1ccc(NC(=O)c2cccc(N=C(N)N)c2)cc1)C(=O)O. The highest BCUT2D eigenvalue weighted by atomic mass is 16.4.